The topological polar surface area (TPSA) is 24.2 Å². The highest BCUT2D eigenvalue weighted by atomic mass is 35.5. The summed E-state index contributed by atoms with van der Waals surface area (Å²) in [6.07, 6.45) is 3.80. The van der Waals surface area contributed by atoms with Gasteiger partial charge in [-0.25, -0.2) is 4.57 Å². The highest BCUT2D eigenvalue weighted by molar-refractivity contribution is 6.42. The van der Waals surface area contributed by atoms with E-state index in [1.165, 1.54) is 0 Å². The maximum Gasteiger partial charge on any atom is 0.254 e. The van der Waals surface area contributed by atoms with Crippen molar-refractivity contribution in [2.24, 2.45) is 0 Å². The standard InChI is InChI=1S/C17H19Cl2N2O.ClH/c1-3-21(4-2)17(22)14-7-9-20(10-8-14)12-13-5-6-15(18)16(19)11-13;/h5-11H,3-4,12H2,1-2H3;1H/q+1;/p-1. The van der Waals surface area contributed by atoms with Gasteiger partial charge in [0, 0.05) is 30.8 Å². The average Bonchev–Trinajstić information content (AvgIpc) is 2.53. The Labute approximate surface area is 153 Å². The number of rotatable bonds is 5. The first kappa shape index (κ1) is 19.8. The third-order valence-corrected chi connectivity index (χ3v) is 4.28. The normalized spacial score (nSPS) is 10.1. The molecular weight excluding hydrogens is 355 g/mol. The average molecular weight is 374 g/mol. The van der Waals surface area contributed by atoms with E-state index in [-0.39, 0.29) is 18.3 Å². The maximum atomic E-state index is 12.2. The van der Waals surface area contributed by atoms with Gasteiger partial charge in [-0.15, -0.1) is 0 Å². The molecule has 0 aliphatic carbocycles. The van der Waals surface area contributed by atoms with Crippen LogP contribution < -0.4 is 17.0 Å². The highest BCUT2D eigenvalue weighted by Crippen LogP contribution is 2.22. The Morgan fingerprint density at radius 2 is 1.65 bits per heavy atom. The lowest BCUT2D eigenvalue weighted by Gasteiger charge is -2.18. The Hall–Kier alpha value is -1.29. The van der Waals surface area contributed by atoms with Crippen molar-refractivity contribution >= 4 is 29.1 Å². The number of carbonyl (C=O) groups is 1. The van der Waals surface area contributed by atoms with E-state index in [1.54, 1.807) is 11.0 Å². The molecule has 0 N–H and O–H groups in total. The molecule has 0 bridgehead atoms. The molecule has 1 amide bonds. The molecule has 0 aliphatic rings. The van der Waals surface area contributed by atoms with E-state index in [0.717, 1.165) is 5.56 Å². The summed E-state index contributed by atoms with van der Waals surface area (Å²) in [6, 6.07) is 9.27. The van der Waals surface area contributed by atoms with E-state index in [4.69, 9.17) is 23.2 Å². The van der Waals surface area contributed by atoms with E-state index < -0.39 is 0 Å². The Morgan fingerprint density at radius 1 is 1.04 bits per heavy atom. The summed E-state index contributed by atoms with van der Waals surface area (Å²) < 4.78 is 2.00. The number of hydrogen-bond acceptors (Lipinski definition) is 1. The molecule has 124 valence electrons. The third-order valence-electron chi connectivity index (χ3n) is 3.54. The molecule has 23 heavy (non-hydrogen) atoms. The van der Waals surface area contributed by atoms with Crippen molar-refractivity contribution in [3.05, 3.63) is 63.9 Å². The third kappa shape index (κ3) is 5.10. The van der Waals surface area contributed by atoms with Crippen LogP contribution in [0.4, 0.5) is 0 Å². The van der Waals surface area contributed by atoms with Gasteiger partial charge in [-0.05, 0) is 26.0 Å². The molecule has 2 rings (SSSR count). The van der Waals surface area contributed by atoms with Crippen molar-refractivity contribution in [3.63, 3.8) is 0 Å². The number of aromatic nitrogens is 1. The minimum absolute atomic E-state index is 0. The van der Waals surface area contributed by atoms with Crippen molar-refractivity contribution < 1.29 is 21.8 Å². The summed E-state index contributed by atoms with van der Waals surface area (Å²) in [5.41, 5.74) is 1.76. The predicted octanol–water partition coefficient (Wildman–Crippen LogP) is 0.815. The Morgan fingerprint density at radius 3 is 2.17 bits per heavy atom. The first-order valence-electron chi connectivity index (χ1n) is 7.27. The Balaban J connectivity index is 0.00000264. The zero-order valence-electron chi connectivity index (χ0n) is 13.1. The van der Waals surface area contributed by atoms with Gasteiger partial charge in [-0.2, -0.15) is 0 Å². The van der Waals surface area contributed by atoms with E-state index in [2.05, 4.69) is 0 Å². The lowest BCUT2D eigenvalue weighted by atomic mass is 10.2. The summed E-state index contributed by atoms with van der Waals surface area (Å²) in [7, 11) is 0. The van der Waals surface area contributed by atoms with Gasteiger partial charge in [0.05, 0.1) is 15.6 Å². The molecule has 0 radical (unpaired) electrons. The summed E-state index contributed by atoms with van der Waals surface area (Å²) >= 11 is 11.9. The van der Waals surface area contributed by atoms with Gasteiger partial charge in [0.25, 0.3) is 5.91 Å². The molecule has 1 heterocycles. The Kier molecular flexibility index (Phi) is 7.83. The number of halogens is 3. The first-order chi connectivity index (χ1) is 10.5. The molecule has 3 nitrogen and oxygen atoms in total. The number of hydrogen-bond donors (Lipinski definition) is 0. The Bertz CT molecular complexity index is 655. The lowest BCUT2D eigenvalue weighted by Crippen LogP contribution is -3.00. The van der Waals surface area contributed by atoms with Crippen molar-refractivity contribution in [2.45, 2.75) is 20.4 Å². The van der Waals surface area contributed by atoms with Crippen molar-refractivity contribution in [3.8, 4) is 0 Å². The van der Waals surface area contributed by atoms with E-state index in [1.807, 2.05) is 55.1 Å². The van der Waals surface area contributed by atoms with Crippen molar-refractivity contribution in [1.29, 1.82) is 0 Å². The van der Waals surface area contributed by atoms with Crippen LogP contribution in [0, 0.1) is 0 Å². The van der Waals surface area contributed by atoms with Gasteiger partial charge < -0.3 is 17.3 Å². The van der Waals surface area contributed by atoms with Crippen LogP contribution in [0.1, 0.15) is 29.8 Å². The van der Waals surface area contributed by atoms with E-state index >= 15 is 0 Å². The summed E-state index contributed by atoms with van der Waals surface area (Å²) in [5.74, 6) is 0.0617. The van der Waals surface area contributed by atoms with Crippen LogP contribution in [-0.2, 0) is 6.54 Å². The van der Waals surface area contributed by atoms with E-state index in [0.29, 0.717) is 35.2 Å². The largest absolute Gasteiger partial charge is 1.00 e. The van der Waals surface area contributed by atoms with Gasteiger partial charge in [0.15, 0.2) is 18.9 Å². The number of benzene rings is 1. The van der Waals surface area contributed by atoms with E-state index in [9.17, 15) is 4.79 Å². The molecule has 0 atom stereocenters. The van der Waals surface area contributed by atoms with Crippen LogP contribution in [0.25, 0.3) is 0 Å². The fraction of sp³-hybridized carbons (Fsp3) is 0.294. The van der Waals surface area contributed by atoms with Gasteiger partial charge >= 0.3 is 0 Å². The summed E-state index contributed by atoms with van der Waals surface area (Å²) in [5, 5.41) is 1.10. The summed E-state index contributed by atoms with van der Waals surface area (Å²) in [6.45, 7) is 6.07. The molecule has 0 unspecified atom stereocenters. The van der Waals surface area contributed by atoms with Crippen LogP contribution in [0.2, 0.25) is 10.0 Å². The second-order valence-electron chi connectivity index (χ2n) is 4.99. The molecule has 1 aromatic carbocycles. The quantitative estimate of drug-likeness (QED) is 0.712. The number of nitrogens with zero attached hydrogens (tertiary/aromatic N) is 2. The fourth-order valence-electron chi connectivity index (χ4n) is 2.25. The van der Waals surface area contributed by atoms with Crippen LogP contribution in [0.3, 0.4) is 0 Å². The van der Waals surface area contributed by atoms with Crippen LogP contribution >= 0.6 is 23.2 Å². The van der Waals surface area contributed by atoms with Gasteiger partial charge in [0.1, 0.15) is 0 Å². The van der Waals surface area contributed by atoms with Crippen LogP contribution in [0.15, 0.2) is 42.7 Å². The fourth-order valence-corrected chi connectivity index (χ4v) is 2.57. The van der Waals surface area contributed by atoms with Gasteiger partial charge in [-0.3, -0.25) is 4.79 Å². The minimum Gasteiger partial charge on any atom is -1.00 e. The van der Waals surface area contributed by atoms with Crippen molar-refractivity contribution in [1.82, 2.24) is 4.90 Å². The number of amides is 1. The predicted molar refractivity (Wildman–Crippen MR) is 89.5 cm³/mol. The zero-order chi connectivity index (χ0) is 16.1. The van der Waals surface area contributed by atoms with Crippen LogP contribution in [-0.4, -0.2) is 23.9 Å². The molecule has 0 fully saturated rings. The molecule has 0 saturated heterocycles. The number of pyridine rings is 1. The maximum absolute atomic E-state index is 12.2. The first-order valence-corrected chi connectivity index (χ1v) is 8.03. The molecular formula is C17H19Cl3N2O. The molecule has 1 aromatic heterocycles. The molecule has 0 spiro atoms. The minimum atomic E-state index is 0. The van der Waals surface area contributed by atoms with Crippen molar-refractivity contribution in [2.75, 3.05) is 13.1 Å². The SMILES string of the molecule is CCN(CC)C(=O)c1cc[n+](Cc2ccc(Cl)c(Cl)c2)cc1.[Cl-]. The van der Waals surface area contributed by atoms with Crippen LogP contribution in [0.5, 0.6) is 0 Å². The molecule has 0 aliphatic heterocycles. The highest BCUT2D eigenvalue weighted by Gasteiger charge is 2.14. The second-order valence-corrected chi connectivity index (χ2v) is 5.80. The van der Waals surface area contributed by atoms with Gasteiger partial charge in [-0.1, -0.05) is 29.3 Å². The second kappa shape index (κ2) is 9.11. The monoisotopic (exact) mass is 372 g/mol. The summed E-state index contributed by atoms with van der Waals surface area (Å²) in [4.78, 5) is 14.0. The molecule has 0 saturated carbocycles. The van der Waals surface area contributed by atoms with Gasteiger partial charge in [0.2, 0.25) is 0 Å². The smallest absolute Gasteiger partial charge is 0.254 e. The lowest BCUT2D eigenvalue weighted by molar-refractivity contribution is -0.688. The molecule has 6 heteroatoms. The molecule has 2 aromatic rings. The number of carbonyl (C=O) groups excluding carboxylic acids is 1. The zero-order valence-corrected chi connectivity index (χ0v) is 15.4.